The largest absolute Gasteiger partial charge is 0.380 e. The molecule has 0 spiro atoms. The Balaban J connectivity index is 2.49. The van der Waals surface area contributed by atoms with Gasteiger partial charge in [-0.1, -0.05) is 43.7 Å². The average molecular weight is 291 g/mol. The molecule has 0 bridgehead atoms. The van der Waals surface area contributed by atoms with Gasteiger partial charge in [0.1, 0.15) is 0 Å². The third-order valence-corrected chi connectivity index (χ3v) is 3.50. The van der Waals surface area contributed by atoms with Gasteiger partial charge in [-0.15, -0.1) is 0 Å². The number of guanidine groups is 1. The number of aryl methyl sites for hydroxylation is 1. The smallest absolute Gasteiger partial charge is 0.191 e. The molecule has 0 saturated carbocycles. The maximum atomic E-state index is 5.31. The van der Waals surface area contributed by atoms with E-state index in [0.717, 1.165) is 25.7 Å². The van der Waals surface area contributed by atoms with Gasteiger partial charge in [-0.05, 0) is 19.4 Å². The summed E-state index contributed by atoms with van der Waals surface area (Å²) in [4.78, 5) is 4.24. The van der Waals surface area contributed by atoms with Crippen molar-refractivity contribution < 1.29 is 4.74 Å². The van der Waals surface area contributed by atoms with Gasteiger partial charge in [0.15, 0.2) is 5.96 Å². The SMILES string of the molecule is CCOCCNC(=NC)NCC(C)(C)c1ccc(C)cc1. The van der Waals surface area contributed by atoms with Crippen LogP contribution >= 0.6 is 0 Å². The second-order valence-corrected chi connectivity index (χ2v) is 5.80. The highest BCUT2D eigenvalue weighted by atomic mass is 16.5. The van der Waals surface area contributed by atoms with Gasteiger partial charge in [-0.25, -0.2) is 0 Å². The van der Waals surface area contributed by atoms with E-state index in [0.29, 0.717) is 6.61 Å². The number of nitrogens with one attached hydrogen (secondary N) is 2. The molecule has 1 aromatic rings. The quantitative estimate of drug-likeness (QED) is 0.461. The summed E-state index contributed by atoms with van der Waals surface area (Å²) in [6, 6.07) is 8.71. The van der Waals surface area contributed by atoms with Crippen molar-refractivity contribution in [2.24, 2.45) is 4.99 Å². The number of benzene rings is 1. The minimum Gasteiger partial charge on any atom is -0.380 e. The molecule has 0 aromatic heterocycles. The molecule has 21 heavy (non-hydrogen) atoms. The van der Waals surface area contributed by atoms with E-state index in [-0.39, 0.29) is 5.41 Å². The Morgan fingerprint density at radius 3 is 2.43 bits per heavy atom. The highest BCUT2D eigenvalue weighted by Crippen LogP contribution is 2.22. The van der Waals surface area contributed by atoms with Crippen LogP contribution in [0.25, 0.3) is 0 Å². The van der Waals surface area contributed by atoms with E-state index in [4.69, 9.17) is 4.74 Å². The van der Waals surface area contributed by atoms with Gasteiger partial charge in [-0.2, -0.15) is 0 Å². The van der Waals surface area contributed by atoms with Crippen molar-refractivity contribution in [2.75, 3.05) is 33.4 Å². The van der Waals surface area contributed by atoms with Crippen molar-refractivity contribution in [1.82, 2.24) is 10.6 Å². The first kappa shape index (κ1) is 17.5. The Kier molecular flexibility index (Phi) is 7.23. The molecule has 0 radical (unpaired) electrons. The van der Waals surface area contributed by atoms with Gasteiger partial charge in [-0.3, -0.25) is 4.99 Å². The van der Waals surface area contributed by atoms with Crippen LogP contribution in [0.2, 0.25) is 0 Å². The minimum absolute atomic E-state index is 0.0469. The second kappa shape index (κ2) is 8.67. The Morgan fingerprint density at radius 1 is 1.19 bits per heavy atom. The van der Waals surface area contributed by atoms with E-state index in [1.807, 2.05) is 6.92 Å². The van der Waals surface area contributed by atoms with E-state index >= 15 is 0 Å². The van der Waals surface area contributed by atoms with Gasteiger partial charge >= 0.3 is 0 Å². The number of rotatable bonds is 7. The molecule has 4 nitrogen and oxygen atoms in total. The minimum atomic E-state index is 0.0469. The first-order chi connectivity index (χ1) is 9.99. The van der Waals surface area contributed by atoms with Gasteiger partial charge in [0.2, 0.25) is 0 Å². The van der Waals surface area contributed by atoms with Crippen molar-refractivity contribution in [3.8, 4) is 0 Å². The first-order valence-corrected chi connectivity index (χ1v) is 7.59. The maximum Gasteiger partial charge on any atom is 0.191 e. The lowest BCUT2D eigenvalue weighted by molar-refractivity contribution is 0.152. The standard InChI is InChI=1S/C17H29N3O/c1-6-21-12-11-19-16(18-5)20-13-17(3,4)15-9-7-14(2)8-10-15/h7-10H,6,11-13H2,1-5H3,(H2,18,19,20). The van der Waals surface area contributed by atoms with E-state index in [1.54, 1.807) is 7.05 Å². The third kappa shape index (κ3) is 6.17. The molecule has 1 rings (SSSR count). The van der Waals surface area contributed by atoms with Crippen LogP contribution in [-0.4, -0.2) is 39.3 Å². The Hall–Kier alpha value is -1.55. The van der Waals surface area contributed by atoms with E-state index < -0.39 is 0 Å². The average Bonchev–Trinajstić information content (AvgIpc) is 2.47. The molecule has 0 saturated heterocycles. The zero-order valence-electron chi connectivity index (χ0n) is 14.0. The van der Waals surface area contributed by atoms with Crippen LogP contribution in [-0.2, 0) is 10.2 Å². The lowest BCUT2D eigenvalue weighted by Gasteiger charge is -2.27. The van der Waals surface area contributed by atoms with Gasteiger partial charge < -0.3 is 15.4 Å². The van der Waals surface area contributed by atoms with Crippen LogP contribution in [0.1, 0.15) is 31.9 Å². The second-order valence-electron chi connectivity index (χ2n) is 5.80. The van der Waals surface area contributed by atoms with Gasteiger partial charge in [0, 0.05) is 32.2 Å². The molecule has 0 aliphatic heterocycles. The summed E-state index contributed by atoms with van der Waals surface area (Å²) in [6.07, 6.45) is 0. The molecule has 0 amide bonds. The fraction of sp³-hybridized carbons (Fsp3) is 0.588. The lowest BCUT2D eigenvalue weighted by atomic mass is 9.84. The van der Waals surface area contributed by atoms with Crippen molar-refractivity contribution >= 4 is 5.96 Å². The molecule has 0 fully saturated rings. The summed E-state index contributed by atoms with van der Waals surface area (Å²) in [5.74, 6) is 0.815. The molecule has 0 atom stereocenters. The van der Waals surface area contributed by atoms with Crippen LogP contribution in [0.4, 0.5) is 0 Å². The topological polar surface area (TPSA) is 45.6 Å². The lowest BCUT2D eigenvalue weighted by Crippen LogP contribution is -2.44. The summed E-state index contributed by atoms with van der Waals surface area (Å²) in [7, 11) is 1.79. The number of aliphatic imine (C=N–C) groups is 1. The first-order valence-electron chi connectivity index (χ1n) is 7.59. The van der Waals surface area contributed by atoms with Crippen LogP contribution in [0, 0.1) is 6.92 Å². The van der Waals surface area contributed by atoms with Crippen LogP contribution in [0.3, 0.4) is 0 Å². The third-order valence-electron chi connectivity index (χ3n) is 3.50. The van der Waals surface area contributed by atoms with Crippen LogP contribution in [0.15, 0.2) is 29.3 Å². The fourth-order valence-electron chi connectivity index (χ4n) is 2.02. The molecule has 0 aliphatic carbocycles. The number of hydrogen-bond acceptors (Lipinski definition) is 2. The van der Waals surface area contributed by atoms with Crippen molar-refractivity contribution in [2.45, 2.75) is 33.1 Å². The summed E-state index contributed by atoms with van der Waals surface area (Å²) in [5, 5.41) is 6.63. The zero-order chi connectivity index (χ0) is 15.7. The number of ether oxygens (including phenoxy) is 1. The van der Waals surface area contributed by atoms with Crippen LogP contribution in [0.5, 0.6) is 0 Å². The molecule has 2 N–H and O–H groups in total. The Bertz CT molecular complexity index is 438. The molecule has 0 unspecified atom stereocenters. The highest BCUT2D eigenvalue weighted by molar-refractivity contribution is 5.79. The van der Waals surface area contributed by atoms with E-state index in [2.05, 4.69) is 60.7 Å². The Morgan fingerprint density at radius 2 is 1.86 bits per heavy atom. The number of hydrogen-bond donors (Lipinski definition) is 2. The normalized spacial score (nSPS) is 12.3. The van der Waals surface area contributed by atoms with Crippen LogP contribution < -0.4 is 10.6 Å². The van der Waals surface area contributed by atoms with Gasteiger partial charge in [0.05, 0.1) is 6.61 Å². The summed E-state index contributed by atoms with van der Waals surface area (Å²) in [6.45, 7) is 11.6. The van der Waals surface area contributed by atoms with Gasteiger partial charge in [0.25, 0.3) is 0 Å². The van der Waals surface area contributed by atoms with E-state index in [1.165, 1.54) is 11.1 Å². The maximum absolute atomic E-state index is 5.31. The van der Waals surface area contributed by atoms with Crippen molar-refractivity contribution in [1.29, 1.82) is 0 Å². The number of nitrogens with zero attached hydrogens (tertiary/aromatic N) is 1. The predicted molar refractivity (Wildman–Crippen MR) is 90.1 cm³/mol. The molecule has 118 valence electrons. The van der Waals surface area contributed by atoms with Crippen molar-refractivity contribution in [3.05, 3.63) is 35.4 Å². The highest BCUT2D eigenvalue weighted by Gasteiger charge is 2.20. The summed E-state index contributed by atoms with van der Waals surface area (Å²) < 4.78 is 5.31. The molecule has 1 aromatic carbocycles. The molecular formula is C17H29N3O. The monoisotopic (exact) mass is 291 g/mol. The van der Waals surface area contributed by atoms with Crippen molar-refractivity contribution in [3.63, 3.8) is 0 Å². The summed E-state index contributed by atoms with van der Waals surface area (Å²) in [5.41, 5.74) is 2.66. The van der Waals surface area contributed by atoms with E-state index in [9.17, 15) is 0 Å². The molecule has 0 heterocycles. The fourth-order valence-corrected chi connectivity index (χ4v) is 2.02. The predicted octanol–water partition coefficient (Wildman–Crippen LogP) is 2.47. The molecular weight excluding hydrogens is 262 g/mol. The molecule has 0 aliphatic rings. The molecule has 4 heteroatoms. The zero-order valence-corrected chi connectivity index (χ0v) is 14.0. The summed E-state index contributed by atoms with van der Waals surface area (Å²) >= 11 is 0. The Labute approximate surface area is 129 Å².